The molecule has 0 aromatic carbocycles. The second-order valence-corrected chi connectivity index (χ2v) is 10.2. The molecule has 35 heavy (non-hydrogen) atoms. The molecular formula is C22H25N7O5S. The summed E-state index contributed by atoms with van der Waals surface area (Å²) in [6, 6.07) is 5.22. The van der Waals surface area contributed by atoms with Gasteiger partial charge < -0.3 is 18.6 Å². The summed E-state index contributed by atoms with van der Waals surface area (Å²) in [5.74, 6) is 0.639. The molecular weight excluding hydrogens is 474 g/mol. The van der Waals surface area contributed by atoms with Crippen LogP contribution in [0.25, 0.3) is 11.5 Å². The van der Waals surface area contributed by atoms with Crippen molar-refractivity contribution in [2.24, 2.45) is 0 Å². The smallest absolute Gasteiger partial charge is 0.213 e. The molecule has 0 spiro atoms. The number of ether oxygens (including phenoxy) is 2. The summed E-state index contributed by atoms with van der Waals surface area (Å²) in [6.07, 6.45) is 5.31. The fourth-order valence-corrected chi connectivity index (χ4v) is 5.00. The first kappa shape index (κ1) is 24.4. The monoisotopic (exact) mass is 499 g/mol. The average Bonchev–Trinajstić information content (AvgIpc) is 3.51. The molecule has 4 rings (SSSR count). The van der Waals surface area contributed by atoms with E-state index in [1.54, 1.807) is 49.0 Å². The number of pyridine rings is 1. The van der Waals surface area contributed by atoms with E-state index in [4.69, 9.17) is 14.0 Å². The van der Waals surface area contributed by atoms with Gasteiger partial charge in [-0.2, -0.15) is 0 Å². The lowest BCUT2D eigenvalue weighted by atomic mass is 10.2. The van der Waals surface area contributed by atoms with Crippen LogP contribution < -0.4 is 4.74 Å². The van der Waals surface area contributed by atoms with Crippen LogP contribution in [0.1, 0.15) is 35.8 Å². The van der Waals surface area contributed by atoms with Gasteiger partial charge in [0.15, 0.2) is 15.7 Å². The number of aromatic nitrogens is 7. The van der Waals surface area contributed by atoms with Crippen molar-refractivity contribution in [3.63, 3.8) is 0 Å². The Labute approximate surface area is 202 Å². The molecule has 2 atom stereocenters. The zero-order valence-corrected chi connectivity index (χ0v) is 20.5. The van der Waals surface area contributed by atoms with E-state index < -0.39 is 21.2 Å². The van der Waals surface area contributed by atoms with Crippen molar-refractivity contribution in [3.8, 4) is 17.4 Å². The van der Waals surface area contributed by atoms with Gasteiger partial charge in [0, 0.05) is 24.9 Å². The van der Waals surface area contributed by atoms with Gasteiger partial charge in [0.05, 0.1) is 42.7 Å². The van der Waals surface area contributed by atoms with Crippen LogP contribution in [0.3, 0.4) is 0 Å². The van der Waals surface area contributed by atoms with E-state index in [0.717, 1.165) is 5.69 Å². The molecule has 0 saturated carbocycles. The van der Waals surface area contributed by atoms with Gasteiger partial charge in [-0.1, -0.05) is 11.2 Å². The van der Waals surface area contributed by atoms with E-state index in [1.807, 2.05) is 0 Å². The third-order valence-corrected chi connectivity index (χ3v) is 7.52. The van der Waals surface area contributed by atoms with E-state index in [2.05, 4.69) is 30.3 Å². The number of hydrogen-bond acceptors (Lipinski definition) is 11. The molecule has 0 bridgehead atoms. The maximum absolute atomic E-state index is 13.5. The summed E-state index contributed by atoms with van der Waals surface area (Å²) in [7, 11) is -0.811. The van der Waals surface area contributed by atoms with Gasteiger partial charge in [-0.3, -0.25) is 9.97 Å². The van der Waals surface area contributed by atoms with Crippen molar-refractivity contribution < 1.29 is 22.4 Å². The number of rotatable bonds is 10. The maximum atomic E-state index is 13.5. The van der Waals surface area contributed by atoms with E-state index in [-0.39, 0.29) is 18.1 Å². The highest BCUT2D eigenvalue weighted by Crippen LogP contribution is 2.27. The molecule has 0 unspecified atom stereocenters. The zero-order chi connectivity index (χ0) is 25.0. The summed E-state index contributed by atoms with van der Waals surface area (Å²) >= 11 is 0. The van der Waals surface area contributed by atoms with E-state index in [0.29, 0.717) is 28.7 Å². The average molecular weight is 500 g/mol. The zero-order valence-electron chi connectivity index (χ0n) is 19.7. The van der Waals surface area contributed by atoms with Crippen LogP contribution in [-0.2, 0) is 26.9 Å². The van der Waals surface area contributed by atoms with Crippen LogP contribution in [-0.4, -0.2) is 62.8 Å². The summed E-state index contributed by atoms with van der Waals surface area (Å²) in [5.41, 5.74) is 2.35. The SMILES string of the molecule is COc1cccc(-c2nnc(CS(=O)(=O)[C@@H](C)[C@H](OC)c3cnc(C)cn3)n2Cc2cnoc2)n1. The molecule has 0 aliphatic heterocycles. The van der Waals surface area contributed by atoms with Crippen molar-refractivity contribution in [3.05, 3.63) is 65.8 Å². The molecule has 4 heterocycles. The van der Waals surface area contributed by atoms with E-state index >= 15 is 0 Å². The van der Waals surface area contributed by atoms with Gasteiger partial charge in [0.1, 0.15) is 29.6 Å². The largest absolute Gasteiger partial charge is 0.481 e. The third kappa shape index (κ3) is 5.35. The van der Waals surface area contributed by atoms with E-state index in [9.17, 15) is 8.42 Å². The Bertz CT molecular complexity index is 1370. The minimum Gasteiger partial charge on any atom is -0.481 e. The maximum Gasteiger partial charge on any atom is 0.213 e. The topological polar surface area (TPSA) is 148 Å². The minimum atomic E-state index is -3.77. The van der Waals surface area contributed by atoms with Crippen LogP contribution in [0, 0.1) is 6.92 Å². The number of nitrogens with zero attached hydrogens (tertiary/aromatic N) is 7. The van der Waals surface area contributed by atoms with Crippen molar-refractivity contribution in [2.45, 2.75) is 37.5 Å². The van der Waals surface area contributed by atoms with Crippen molar-refractivity contribution >= 4 is 9.84 Å². The predicted molar refractivity (Wildman–Crippen MR) is 124 cm³/mol. The lowest BCUT2D eigenvalue weighted by molar-refractivity contribution is 0.0983. The van der Waals surface area contributed by atoms with Crippen molar-refractivity contribution in [2.75, 3.05) is 14.2 Å². The Balaban J connectivity index is 1.69. The normalized spacial score (nSPS) is 13.5. The Morgan fingerprint density at radius 2 is 1.94 bits per heavy atom. The first-order valence-electron chi connectivity index (χ1n) is 10.7. The summed E-state index contributed by atoms with van der Waals surface area (Å²) in [5, 5.41) is 11.2. The Kier molecular flexibility index (Phi) is 7.17. The summed E-state index contributed by atoms with van der Waals surface area (Å²) < 4.78 is 44.3. The fraction of sp³-hybridized carbons (Fsp3) is 0.364. The van der Waals surface area contributed by atoms with Crippen molar-refractivity contribution in [1.82, 2.24) is 34.9 Å². The second-order valence-electron chi connectivity index (χ2n) is 7.88. The highest BCUT2D eigenvalue weighted by molar-refractivity contribution is 7.91. The molecule has 0 N–H and O–H groups in total. The first-order chi connectivity index (χ1) is 16.8. The van der Waals surface area contributed by atoms with Crippen LogP contribution in [0.5, 0.6) is 5.88 Å². The molecule has 13 heteroatoms. The predicted octanol–water partition coefficient (Wildman–Crippen LogP) is 2.17. The van der Waals surface area contributed by atoms with E-state index in [1.165, 1.54) is 26.7 Å². The Hall–Kier alpha value is -3.71. The molecule has 4 aromatic rings. The standard InChI is InChI=1S/C22H25N7O5S/c1-14-8-24-18(10-23-14)21(33-4)15(2)35(30,31)13-19-27-28-22(17-6-5-7-20(26-17)32-3)29(19)11-16-9-25-34-12-16/h5-10,12,15,21H,11,13H2,1-4H3/t15-,21-/m0/s1. The quantitative estimate of drug-likeness (QED) is 0.316. The van der Waals surface area contributed by atoms with Crippen LogP contribution >= 0.6 is 0 Å². The number of methoxy groups -OCH3 is 2. The van der Waals surface area contributed by atoms with Crippen molar-refractivity contribution in [1.29, 1.82) is 0 Å². The number of sulfone groups is 1. The summed E-state index contributed by atoms with van der Waals surface area (Å²) in [6.45, 7) is 3.62. The molecule has 0 saturated heterocycles. The van der Waals surface area contributed by atoms with Gasteiger partial charge in [-0.15, -0.1) is 10.2 Å². The van der Waals surface area contributed by atoms with Gasteiger partial charge in [0.25, 0.3) is 0 Å². The second kappa shape index (κ2) is 10.3. The summed E-state index contributed by atoms with van der Waals surface area (Å²) in [4.78, 5) is 12.9. The number of hydrogen-bond donors (Lipinski definition) is 0. The lowest BCUT2D eigenvalue weighted by Gasteiger charge is -2.22. The Morgan fingerprint density at radius 3 is 2.60 bits per heavy atom. The highest BCUT2D eigenvalue weighted by Gasteiger charge is 2.34. The first-order valence-corrected chi connectivity index (χ1v) is 12.4. The molecule has 0 amide bonds. The molecule has 0 aliphatic rings. The van der Waals surface area contributed by atoms with Gasteiger partial charge in [0.2, 0.25) is 5.88 Å². The van der Waals surface area contributed by atoms with Gasteiger partial charge >= 0.3 is 0 Å². The molecule has 4 aromatic heterocycles. The minimum absolute atomic E-state index is 0.237. The van der Waals surface area contributed by atoms with Crippen LogP contribution in [0.2, 0.25) is 0 Å². The highest BCUT2D eigenvalue weighted by atomic mass is 32.2. The van der Waals surface area contributed by atoms with Gasteiger partial charge in [-0.25, -0.2) is 13.4 Å². The molecule has 12 nitrogen and oxygen atoms in total. The lowest BCUT2D eigenvalue weighted by Crippen LogP contribution is -2.29. The fourth-order valence-electron chi connectivity index (χ4n) is 3.54. The molecule has 184 valence electrons. The molecule has 0 radical (unpaired) electrons. The third-order valence-electron chi connectivity index (χ3n) is 5.48. The van der Waals surface area contributed by atoms with Crippen LogP contribution in [0.4, 0.5) is 0 Å². The molecule has 0 fully saturated rings. The van der Waals surface area contributed by atoms with Gasteiger partial charge in [-0.05, 0) is 19.9 Å². The Morgan fingerprint density at radius 1 is 1.11 bits per heavy atom. The van der Waals surface area contributed by atoms with Crippen LogP contribution in [0.15, 0.2) is 47.6 Å². The molecule has 0 aliphatic carbocycles. The number of aryl methyl sites for hydroxylation is 1.